The van der Waals surface area contributed by atoms with Crippen LogP contribution in [0.25, 0.3) is 75.8 Å². The Morgan fingerprint density at radius 1 is 0.268 bits per heavy atom. The Hall–Kier alpha value is -7.00. The van der Waals surface area contributed by atoms with Crippen molar-refractivity contribution in [3.63, 3.8) is 0 Å². The predicted molar refractivity (Wildman–Crippen MR) is 241 cm³/mol. The Morgan fingerprint density at radius 2 is 0.696 bits per heavy atom. The number of nitrogens with zero attached hydrogens (tertiary/aromatic N) is 1. The smallest absolute Gasteiger partial charge is 0.0540 e. The first-order chi connectivity index (χ1) is 27.8. The highest BCUT2D eigenvalue weighted by Gasteiger charge is 2.21. The Bertz CT molecular complexity index is 2940. The van der Waals surface area contributed by atoms with Crippen LogP contribution in [0.3, 0.4) is 0 Å². The number of benzene rings is 9. The van der Waals surface area contributed by atoms with Crippen LogP contribution in [0.15, 0.2) is 224 Å². The minimum Gasteiger partial charge on any atom is -0.310 e. The first-order valence-corrected chi connectivity index (χ1v) is 19.9. The van der Waals surface area contributed by atoms with E-state index in [1.165, 1.54) is 70.2 Å². The van der Waals surface area contributed by atoms with Gasteiger partial charge in [-0.2, -0.15) is 0 Å². The second kappa shape index (κ2) is 14.7. The summed E-state index contributed by atoms with van der Waals surface area (Å²) < 4.78 is 2.65. The maximum absolute atomic E-state index is 2.41. The van der Waals surface area contributed by atoms with Crippen molar-refractivity contribution in [3.8, 4) is 55.6 Å². The lowest BCUT2D eigenvalue weighted by Crippen LogP contribution is -2.11. The summed E-state index contributed by atoms with van der Waals surface area (Å²) in [5, 5.41) is 2.63. The molecule has 0 amide bonds. The molecule has 1 aromatic heterocycles. The van der Waals surface area contributed by atoms with Crippen LogP contribution < -0.4 is 4.90 Å². The Morgan fingerprint density at radius 3 is 1.38 bits per heavy atom. The van der Waals surface area contributed by atoms with E-state index in [0.717, 1.165) is 22.6 Å². The van der Waals surface area contributed by atoms with Crippen LogP contribution >= 0.6 is 11.3 Å². The molecule has 0 N–H and O–H groups in total. The molecule has 9 aromatic carbocycles. The molecule has 56 heavy (non-hydrogen) atoms. The lowest BCUT2D eigenvalue weighted by molar-refractivity contribution is 1.28. The summed E-state index contributed by atoms with van der Waals surface area (Å²) in [6, 6.07) is 81.2. The summed E-state index contributed by atoms with van der Waals surface area (Å²) in [7, 11) is 0. The molecule has 10 rings (SSSR count). The third-order valence-electron chi connectivity index (χ3n) is 10.7. The number of anilines is 3. The molecule has 0 bridgehead atoms. The highest BCUT2D eigenvalue weighted by molar-refractivity contribution is 7.26. The van der Waals surface area contributed by atoms with Gasteiger partial charge in [0.25, 0.3) is 0 Å². The van der Waals surface area contributed by atoms with Crippen LogP contribution in [-0.4, -0.2) is 0 Å². The monoisotopic (exact) mass is 731 g/mol. The first kappa shape index (κ1) is 33.6. The van der Waals surface area contributed by atoms with E-state index in [-0.39, 0.29) is 0 Å². The fourth-order valence-corrected chi connectivity index (χ4v) is 9.30. The van der Waals surface area contributed by atoms with Crippen LogP contribution in [0.1, 0.15) is 0 Å². The molecule has 264 valence electrons. The lowest BCUT2D eigenvalue weighted by atomic mass is 9.88. The van der Waals surface area contributed by atoms with Gasteiger partial charge in [-0.25, -0.2) is 0 Å². The van der Waals surface area contributed by atoms with Gasteiger partial charge in [0.15, 0.2) is 0 Å². The Balaban J connectivity index is 1.12. The van der Waals surface area contributed by atoms with Gasteiger partial charge < -0.3 is 4.90 Å². The highest BCUT2D eigenvalue weighted by Crippen LogP contribution is 2.46. The van der Waals surface area contributed by atoms with Gasteiger partial charge in [0.2, 0.25) is 0 Å². The van der Waals surface area contributed by atoms with Gasteiger partial charge in [0.05, 0.1) is 5.69 Å². The van der Waals surface area contributed by atoms with Gasteiger partial charge in [0, 0.05) is 37.1 Å². The average Bonchev–Trinajstić information content (AvgIpc) is 3.67. The number of para-hydroxylation sites is 1. The SMILES string of the molecule is c1ccc(-c2ccc(N(c3ccc(-c4cccc5c4sc4ccccc45)cc3)c3ccccc3-c3ccccc3-c3ccccc3-c3ccccc3)cc2)cc1. The zero-order valence-electron chi connectivity index (χ0n) is 30.7. The third-order valence-corrected chi connectivity index (χ3v) is 12.0. The first-order valence-electron chi connectivity index (χ1n) is 19.1. The van der Waals surface area contributed by atoms with Gasteiger partial charge in [-0.05, 0) is 86.5 Å². The van der Waals surface area contributed by atoms with Crippen LogP contribution in [0, 0.1) is 0 Å². The zero-order valence-corrected chi connectivity index (χ0v) is 31.5. The summed E-state index contributed by atoms with van der Waals surface area (Å²) in [6.45, 7) is 0. The van der Waals surface area contributed by atoms with E-state index in [0.29, 0.717) is 0 Å². The van der Waals surface area contributed by atoms with Crippen molar-refractivity contribution in [1.82, 2.24) is 0 Å². The molecule has 2 heteroatoms. The number of fused-ring (bicyclic) bond motifs is 3. The fraction of sp³-hybridized carbons (Fsp3) is 0. The topological polar surface area (TPSA) is 3.24 Å². The van der Waals surface area contributed by atoms with E-state index in [4.69, 9.17) is 0 Å². The summed E-state index contributed by atoms with van der Waals surface area (Å²) in [5.41, 5.74) is 15.4. The van der Waals surface area contributed by atoms with Crippen molar-refractivity contribution in [1.29, 1.82) is 0 Å². The molecule has 0 atom stereocenters. The number of hydrogen-bond donors (Lipinski definition) is 0. The van der Waals surface area contributed by atoms with Crippen LogP contribution in [0.2, 0.25) is 0 Å². The minimum atomic E-state index is 1.10. The highest BCUT2D eigenvalue weighted by atomic mass is 32.1. The van der Waals surface area contributed by atoms with Crippen molar-refractivity contribution in [2.24, 2.45) is 0 Å². The standard InChI is InChI=1S/C54H37NS/c1-3-16-38(17-4-1)39-30-34-42(35-31-39)55(43-36-32-41(33-37-43)45-26-15-27-51-50-25-12-14-29-53(50)56-54(45)51)52-28-13-11-24-49(52)48-23-10-9-22-47(48)46-21-8-7-20-44(46)40-18-5-2-6-19-40/h1-37H. The van der Waals surface area contributed by atoms with E-state index in [9.17, 15) is 0 Å². The molecule has 0 spiro atoms. The van der Waals surface area contributed by atoms with Crippen molar-refractivity contribution < 1.29 is 0 Å². The normalized spacial score (nSPS) is 11.2. The summed E-state index contributed by atoms with van der Waals surface area (Å²) in [6.07, 6.45) is 0. The summed E-state index contributed by atoms with van der Waals surface area (Å²) >= 11 is 1.87. The maximum Gasteiger partial charge on any atom is 0.0540 e. The van der Waals surface area contributed by atoms with E-state index in [1.54, 1.807) is 0 Å². The quantitative estimate of drug-likeness (QED) is 0.150. The van der Waals surface area contributed by atoms with Gasteiger partial charge >= 0.3 is 0 Å². The van der Waals surface area contributed by atoms with Crippen LogP contribution in [0.5, 0.6) is 0 Å². The molecule has 1 nitrogen and oxygen atoms in total. The predicted octanol–water partition coefficient (Wildman–Crippen LogP) is 15.9. The van der Waals surface area contributed by atoms with Crippen molar-refractivity contribution in [2.75, 3.05) is 4.90 Å². The molecule has 1 heterocycles. The zero-order chi connectivity index (χ0) is 37.3. The summed E-state index contributed by atoms with van der Waals surface area (Å²) in [4.78, 5) is 2.41. The largest absolute Gasteiger partial charge is 0.310 e. The molecule has 10 aromatic rings. The molecule has 0 unspecified atom stereocenters. The Kier molecular flexibility index (Phi) is 8.79. The average molecular weight is 732 g/mol. The van der Waals surface area contributed by atoms with Crippen molar-refractivity contribution >= 4 is 48.6 Å². The van der Waals surface area contributed by atoms with Gasteiger partial charge in [-0.3, -0.25) is 0 Å². The van der Waals surface area contributed by atoms with Gasteiger partial charge in [0.1, 0.15) is 0 Å². The molecule has 0 aliphatic rings. The molecule has 0 saturated carbocycles. The number of hydrogen-bond acceptors (Lipinski definition) is 2. The molecular weight excluding hydrogens is 695 g/mol. The second-order valence-corrected chi connectivity index (χ2v) is 15.1. The molecule has 0 fully saturated rings. The van der Waals surface area contributed by atoms with Crippen molar-refractivity contribution in [2.45, 2.75) is 0 Å². The molecule has 0 radical (unpaired) electrons. The molecule has 0 aliphatic heterocycles. The van der Waals surface area contributed by atoms with Gasteiger partial charge in [-0.15, -0.1) is 11.3 Å². The second-order valence-electron chi connectivity index (χ2n) is 14.1. The van der Waals surface area contributed by atoms with Crippen LogP contribution in [0.4, 0.5) is 17.1 Å². The molecular formula is C54H37NS. The van der Waals surface area contributed by atoms with Gasteiger partial charge in [-0.1, -0.05) is 188 Å². The van der Waals surface area contributed by atoms with E-state index in [1.807, 2.05) is 11.3 Å². The molecule has 0 saturated heterocycles. The number of thiophene rings is 1. The van der Waals surface area contributed by atoms with E-state index >= 15 is 0 Å². The summed E-state index contributed by atoms with van der Waals surface area (Å²) in [5.74, 6) is 0. The Labute approximate surface area is 332 Å². The maximum atomic E-state index is 2.41. The van der Waals surface area contributed by atoms with E-state index < -0.39 is 0 Å². The van der Waals surface area contributed by atoms with Crippen LogP contribution in [-0.2, 0) is 0 Å². The minimum absolute atomic E-state index is 1.10. The van der Waals surface area contributed by atoms with E-state index in [2.05, 4.69) is 229 Å². The van der Waals surface area contributed by atoms with Crippen molar-refractivity contribution in [3.05, 3.63) is 224 Å². The fourth-order valence-electron chi connectivity index (χ4n) is 8.06. The molecule has 0 aliphatic carbocycles. The lowest BCUT2D eigenvalue weighted by Gasteiger charge is -2.29. The number of rotatable bonds is 8. The third kappa shape index (κ3) is 6.17.